The molecular formula is C14H16BrNO2. The summed E-state index contributed by atoms with van der Waals surface area (Å²) in [6.45, 7) is 2.06. The molecule has 0 spiro atoms. The van der Waals surface area contributed by atoms with E-state index in [2.05, 4.69) is 21.2 Å². The monoisotopic (exact) mass is 309 g/mol. The van der Waals surface area contributed by atoms with Crippen molar-refractivity contribution in [2.24, 2.45) is 5.92 Å². The predicted molar refractivity (Wildman–Crippen MR) is 74.5 cm³/mol. The molecule has 1 aliphatic carbocycles. The Bertz CT molecular complexity index is 485. The lowest BCUT2D eigenvalue weighted by Crippen LogP contribution is -2.33. The zero-order chi connectivity index (χ0) is 13.1. The fraction of sp³-hybridized carbons (Fsp3) is 0.357. The van der Waals surface area contributed by atoms with Gasteiger partial charge in [-0.2, -0.15) is 0 Å². The molecule has 0 radical (unpaired) electrons. The normalized spacial score (nSPS) is 22.2. The van der Waals surface area contributed by atoms with E-state index < -0.39 is 0 Å². The third-order valence-corrected chi connectivity index (χ3v) is 3.66. The maximum Gasteiger partial charge on any atom is 0.252 e. The minimum absolute atomic E-state index is 0.0213. The minimum Gasteiger partial charge on any atom is -0.396 e. The fourth-order valence-corrected chi connectivity index (χ4v) is 2.46. The lowest BCUT2D eigenvalue weighted by Gasteiger charge is -2.14. The zero-order valence-corrected chi connectivity index (χ0v) is 11.8. The van der Waals surface area contributed by atoms with Gasteiger partial charge < -0.3 is 10.4 Å². The largest absolute Gasteiger partial charge is 0.396 e. The van der Waals surface area contributed by atoms with Gasteiger partial charge in [0.05, 0.1) is 0 Å². The van der Waals surface area contributed by atoms with Crippen LogP contribution < -0.4 is 5.32 Å². The first-order chi connectivity index (χ1) is 8.60. The molecular weight excluding hydrogens is 294 g/mol. The molecule has 18 heavy (non-hydrogen) atoms. The Morgan fingerprint density at radius 1 is 1.50 bits per heavy atom. The van der Waals surface area contributed by atoms with E-state index in [1.54, 1.807) is 0 Å². The van der Waals surface area contributed by atoms with E-state index in [-0.39, 0.29) is 24.5 Å². The Balaban J connectivity index is 2.04. The lowest BCUT2D eigenvalue weighted by molar-refractivity contribution is 0.0940. The lowest BCUT2D eigenvalue weighted by atomic mass is 10.1. The molecule has 1 aliphatic rings. The van der Waals surface area contributed by atoms with Gasteiger partial charge in [-0.05, 0) is 31.0 Å². The minimum atomic E-state index is -0.0676. The molecule has 2 atom stereocenters. The molecule has 4 heteroatoms. The summed E-state index contributed by atoms with van der Waals surface area (Å²) < 4.78 is 0.897. The molecule has 0 bridgehead atoms. The van der Waals surface area contributed by atoms with E-state index >= 15 is 0 Å². The Morgan fingerprint density at radius 3 is 2.94 bits per heavy atom. The van der Waals surface area contributed by atoms with Crippen LogP contribution in [0.1, 0.15) is 22.3 Å². The molecule has 0 heterocycles. The molecule has 3 nitrogen and oxygen atoms in total. The van der Waals surface area contributed by atoms with Crippen LogP contribution in [0.3, 0.4) is 0 Å². The zero-order valence-electron chi connectivity index (χ0n) is 10.2. The van der Waals surface area contributed by atoms with Crippen LogP contribution in [0.4, 0.5) is 0 Å². The Morgan fingerprint density at radius 2 is 2.28 bits per heavy atom. The van der Waals surface area contributed by atoms with E-state index in [0.717, 1.165) is 16.5 Å². The summed E-state index contributed by atoms with van der Waals surface area (Å²) in [5, 5.41) is 12.0. The Labute approximate surface area is 115 Å². The number of carbonyl (C=O) groups excluding carboxylic acids is 1. The number of hydrogen-bond donors (Lipinski definition) is 2. The van der Waals surface area contributed by atoms with Crippen LogP contribution in [0, 0.1) is 12.8 Å². The highest BCUT2D eigenvalue weighted by molar-refractivity contribution is 9.10. The molecule has 1 amide bonds. The maximum absolute atomic E-state index is 12.1. The van der Waals surface area contributed by atoms with Crippen LogP contribution in [0.15, 0.2) is 34.8 Å². The van der Waals surface area contributed by atoms with Gasteiger partial charge in [-0.25, -0.2) is 0 Å². The third kappa shape index (κ3) is 3.00. The van der Waals surface area contributed by atoms with Crippen LogP contribution in [0.5, 0.6) is 0 Å². The number of halogens is 1. The summed E-state index contributed by atoms with van der Waals surface area (Å²) in [6, 6.07) is 5.68. The number of hydrogen-bond acceptors (Lipinski definition) is 2. The van der Waals surface area contributed by atoms with E-state index in [9.17, 15) is 4.79 Å². The molecule has 0 saturated carbocycles. The average Bonchev–Trinajstić information content (AvgIpc) is 2.80. The highest BCUT2D eigenvalue weighted by Gasteiger charge is 2.20. The average molecular weight is 310 g/mol. The quantitative estimate of drug-likeness (QED) is 0.843. The second kappa shape index (κ2) is 5.67. The first-order valence-electron chi connectivity index (χ1n) is 5.96. The van der Waals surface area contributed by atoms with Crippen molar-refractivity contribution in [2.45, 2.75) is 19.4 Å². The molecule has 0 fully saturated rings. The van der Waals surface area contributed by atoms with Gasteiger partial charge in [0, 0.05) is 28.6 Å². The van der Waals surface area contributed by atoms with Crippen molar-refractivity contribution in [1.29, 1.82) is 0 Å². The number of carbonyl (C=O) groups is 1. The van der Waals surface area contributed by atoms with Gasteiger partial charge in [0.1, 0.15) is 0 Å². The van der Waals surface area contributed by atoms with Crippen molar-refractivity contribution < 1.29 is 9.90 Å². The number of aliphatic hydroxyl groups excluding tert-OH is 1. The molecule has 1 aromatic rings. The van der Waals surface area contributed by atoms with E-state index in [0.29, 0.717) is 5.56 Å². The molecule has 1 aromatic carbocycles. The number of rotatable bonds is 3. The van der Waals surface area contributed by atoms with E-state index in [4.69, 9.17) is 5.11 Å². The number of nitrogens with one attached hydrogen (secondary N) is 1. The Kier molecular flexibility index (Phi) is 4.19. The fourth-order valence-electron chi connectivity index (χ4n) is 2.10. The van der Waals surface area contributed by atoms with Crippen molar-refractivity contribution in [3.63, 3.8) is 0 Å². The molecule has 96 valence electrons. The second-order valence-corrected chi connectivity index (χ2v) is 5.52. The van der Waals surface area contributed by atoms with Gasteiger partial charge in [-0.3, -0.25) is 4.79 Å². The highest BCUT2D eigenvalue weighted by Crippen LogP contribution is 2.19. The first-order valence-corrected chi connectivity index (χ1v) is 6.75. The van der Waals surface area contributed by atoms with Crippen LogP contribution >= 0.6 is 15.9 Å². The second-order valence-electron chi connectivity index (χ2n) is 4.60. The summed E-state index contributed by atoms with van der Waals surface area (Å²) in [5.41, 5.74) is 1.64. The van der Waals surface area contributed by atoms with Crippen molar-refractivity contribution >= 4 is 21.8 Å². The summed E-state index contributed by atoms with van der Waals surface area (Å²) in [5.74, 6) is 0.0981. The molecule has 2 rings (SSSR count). The summed E-state index contributed by atoms with van der Waals surface area (Å²) in [4.78, 5) is 12.1. The van der Waals surface area contributed by atoms with Crippen molar-refractivity contribution in [2.75, 3.05) is 6.61 Å². The molecule has 0 aliphatic heterocycles. The molecule has 0 aromatic heterocycles. The number of benzene rings is 1. The predicted octanol–water partition coefficient (Wildman–Crippen LogP) is 2.42. The van der Waals surface area contributed by atoms with Gasteiger partial charge >= 0.3 is 0 Å². The number of aryl methyl sites for hydroxylation is 1. The van der Waals surface area contributed by atoms with Crippen LogP contribution in [0.2, 0.25) is 0 Å². The van der Waals surface area contributed by atoms with Crippen molar-refractivity contribution in [3.05, 3.63) is 46.0 Å². The summed E-state index contributed by atoms with van der Waals surface area (Å²) in [6.07, 6.45) is 4.68. The van der Waals surface area contributed by atoms with Gasteiger partial charge in [0.15, 0.2) is 0 Å². The van der Waals surface area contributed by atoms with Crippen molar-refractivity contribution in [3.8, 4) is 0 Å². The Hall–Kier alpha value is -1.13. The topological polar surface area (TPSA) is 49.3 Å². The SMILES string of the molecule is Cc1ccc(Br)cc1C(=O)N[C@@H]1C=C[C@H](CO)C1. The van der Waals surface area contributed by atoms with E-state index in [1.807, 2.05) is 37.3 Å². The van der Waals surface area contributed by atoms with E-state index in [1.165, 1.54) is 0 Å². The van der Waals surface area contributed by atoms with Crippen LogP contribution in [0.25, 0.3) is 0 Å². The number of aliphatic hydroxyl groups is 1. The van der Waals surface area contributed by atoms with Gasteiger partial charge in [-0.15, -0.1) is 0 Å². The molecule has 2 N–H and O–H groups in total. The summed E-state index contributed by atoms with van der Waals surface area (Å²) in [7, 11) is 0. The maximum atomic E-state index is 12.1. The standard InChI is InChI=1S/C14H16BrNO2/c1-9-2-4-11(15)7-13(9)14(18)16-12-5-3-10(6-12)8-17/h2-5,7,10,12,17H,6,8H2,1H3,(H,16,18)/t10-,12+/m0/s1. The highest BCUT2D eigenvalue weighted by atomic mass is 79.9. The molecule has 0 unspecified atom stereocenters. The van der Waals surface area contributed by atoms with Gasteiger partial charge in [0.25, 0.3) is 5.91 Å². The van der Waals surface area contributed by atoms with Crippen LogP contribution in [-0.2, 0) is 0 Å². The number of amides is 1. The smallest absolute Gasteiger partial charge is 0.252 e. The van der Waals surface area contributed by atoms with Gasteiger partial charge in [0.2, 0.25) is 0 Å². The van der Waals surface area contributed by atoms with Crippen LogP contribution in [-0.4, -0.2) is 23.7 Å². The van der Waals surface area contributed by atoms with Gasteiger partial charge in [-0.1, -0.05) is 34.1 Å². The first kappa shape index (κ1) is 13.3. The van der Waals surface area contributed by atoms with Crippen molar-refractivity contribution in [1.82, 2.24) is 5.32 Å². The molecule has 0 saturated heterocycles. The third-order valence-electron chi connectivity index (χ3n) is 3.17. The summed E-state index contributed by atoms with van der Waals surface area (Å²) >= 11 is 3.37.